The molecular formula is C21H23N3O3S2. The highest BCUT2D eigenvalue weighted by molar-refractivity contribution is 7.99. The lowest BCUT2D eigenvalue weighted by Gasteiger charge is -2.11. The van der Waals surface area contributed by atoms with E-state index in [1.165, 1.54) is 23.1 Å². The van der Waals surface area contributed by atoms with Crippen LogP contribution in [0.1, 0.15) is 16.0 Å². The Bertz CT molecular complexity index is 1120. The second-order valence-corrected chi connectivity index (χ2v) is 8.59. The highest BCUT2D eigenvalue weighted by atomic mass is 32.2. The monoisotopic (exact) mass is 429 g/mol. The fourth-order valence-corrected chi connectivity index (χ4v) is 4.84. The lowest BCUT2D eigenvalue weighted by Crippen LogP contribution is -2.26. The normalized spacial score (nSPS) is 10.9. The molecule has 0 fully saturated rings. The number of rotatable bonds is 8. The number of nitrogens with zero attached hydrogens (tertiary/aromatic N) is 2. The van der Waals surface area contributed by atoms with E-state index >= 15 is 0 Å². The first-order valence-corrected chi connectivity index (χ1v) is 10.9. The molecule has 0 spiro atoms. The van der Waals surface area contributed by atoms with E-state index in [1.807, 2.05) is 38.1 Å². The molecule has 1 aromatic carbocycles. The molecule has 0 radical (unpaired) electrons. The molecule has 0 aliphatic heterocycles. The molecule has 6 nitrogen and oxygen atoms in total. The summed E-state index contributed by atoms with van der Waals surface area (Å²) >= 11 is 2.75. The van der Waals surface area contributed by atoms with Crippen molar-refractivity contribution in [3.8, 4) is 5.75 Å². The molecule has 1 amide bonds. The van der Waals surface area contributed by atoms with E-state index in [-0.39, 0.29) is 17.2 Å². The van der Waals surface area contributed by atoms with Crippen molar-refractivity contribution in [3.63, 3.8) is 0 Å². The van der Waals surface area contributed by atoms with Crippen LogP contribution in [0.2, 0.25) is 0 Å². The van der Waals surface area contributed by atoms with Crippen molar-refractivity contribution in [1.82, 2.24) is 14.9 Å². The number of methoxy groups -OCH3 is 1. The molecule has 0 saturated heterocycles. The summed E-state index contributed by atoms with van der Waals surface area (Å²) in [6.45, 7) is 8.38. The molecule has 29 heavy (non-hydrogen) atoms. The van der Waals surface area contributed by atoms with Gasteiger partial charge in [-0.15, -0.1) is 17.9 Å². The lowest BCUT2D eigenvalue weighted by atomic mass is 10.2. The van der Waals surface area contributed by atoms with Crippen molar-refractivity contribution in [3.05, 3.63) is 63.3 Å². The van der Waals surface area contributed by atoms with Crippen molar-refractivity contribution in [2.45, 2.75) is 32.1 Å². The third kappa shape index (κ3) is 4.54. The number of thiophene rings is 1. The van der Waals surface area contributed by atoms with Gasteiger partial charge in [0.25, 0.3) is 5.56 Å². The van der Waals surface area contributed by atoms with Crippen molar-refractivity contribution >= 4 is 39.2 Å². The number of nitrogens with one attached hydrogen (secondary N) is 1. The van der Waals surface area contributed by atoms with Crippen LogP contribution >= 0.6 is 23.1 Å². The van der Waals surface area contributed by atoms with Crippen LogP contribution in [-0.4, -0.2) is 28.3 Å². The smallest absolute Gasteiger partial charge is 0.263 e. The number of allylic oxidation sites excluding steroid dienone is 1. The van der Waals surface area contributed by atoms with Crippen molar-refractivity contribution < 1.29 is 9.53 Å². The average Bonchev–Trinajstić information content (AvgIpc) is 3.01. The zero-order chi connectivity index (χ0) is 21.0. The minimum absolute atomic E-state index is 0.0892. The van der Waals surface area contributed by atoms with Crippen molar-refractivity contribution in [2.75, 3.05) is 12.9 Å². The average molecular weight is 430 g/mol. The molecule has 0 unspecified atom stereocenters. The van der Waals surface area contributed by atoms with Crippen LogP contribution < -0.4 is 15.6 Å². The number of fused-ring (bicyclic) bond motifs is 1. The molecule has 0 saturated carbocycles. The number of benzene rings is 1. The van der Waals surface area contributed by atoms with Gasteiger partial charge in [0.15, 0.2) is 5.16 Å². The lowest BCUT2D eigenvalue weighted by molar-refractivity contribution is -0.118. The molecule has 0 aliphatic rings. The molecule has 0 bridgehead atoms. The van der Waals surface area contributed by atoms with Crippen molar-refractivity contribution in [1.29, 1.82) is 0 Å². The maximum Gasteiger partial charge on any atom is 0.263 e. The number of carbonyl (C=O) groups excluding carboxylic acids is 1. The Hall–Kier alpha value is -2.58. The molecule has 3 aromatic rings. The van der Waals surface area contributed by atoms with Gasteiger partial charge in [0.2, 0.25) is 5.91 Å². The Morgan fingerprint density at radius 3 is 2.86 bits per heavy atom. The van der Waals surface area contributed by atoms with Crippen LogP contribution in [0, 0.1) is 13.8 Å². The molecular weight excluding hydrogens is 406 g/mol. The molecule has 2 heterocycles. The predicted molar refractivity (Wildman–Crippen MR) is 119 cm³/mol. The highest BCUT2D eigenvalue weighted by Crippen LogP contribution is 2.28. The number of thioether (sulfide) groups is 1. The van der Waals surface area contributed by atoms with E-state index in [4.69, 9.17) is 4.74 Å². The van der Waals surface area contributed by atoms with Gasteiger partial charge in [-0.1, -0.05) is 36.0 Å². The number of ether oxygens (including phenoxy) is 1. The second-order valence-electron chi connectivity index (χ2n) is 6.44. The van der Waals surface area contributed by atoms with Gasteiger partial charge in [-0.3, -0.25) is 14.2 Å². The summed E-state index contributed by atoms with van der Waals surface area (Å²) in [6, 6.07) is 7.55. The maximum absolute atomic E-state index is 13.0. The van der Waals surface area contributed by atoms with Crippen LogP contribution in [0.25, 0.3) is 10.2 Å². The van der Waals surface area contributed by atoms with Gasteiger partial charge in [0.1, 0.15) is 10.6 Å². The second kappa shape index (κ2) is 9.28. The molecule has 152 valence electrons. The molecule has 0 atom stereocenters. The van der Waals surface area contributed by atoms with Crippen LogP contribution in [0.15, 0.2) is 46.9 Å². The van der Waals surface area contributed by atoms with Crippen LogP contribution in [0.5, 0.6) is 5.75 Å². The van der Waals surface area contributed by atoms with Crippen molar-refractivity contribution in [2.24, 2.45) is 0 Å². The Kier molecular flexibility index (Phi) is 6.76. The summed E-state index contributed by atoms with van der Waals surface area (Å²) in [4.78, 5) is 31.7. The molecule has 0 aliphatic carbocycles. The summed E-state index contributed by atoms with van der Waals surface area (Å²) in [6.07, 6.45) is 1.66. The first-order valence-electron chi connectivity index (χ1n) is 9.09. The van der Waals surface area contributed by atoms with E-state index in [0.717, 1.165) is 21.8 Å². The third-order valence-corrected chi connectivity index (χ3v) is 6.64. The number of hydrogen-bond donors (Lipinski definition) is 1. The van der Waals surface area contributed by atoms with E-state index in [2.05, 4.69) is 16.9 Å². The summed E-state index contributed by atoms with van der Waals surface area (Å²) < 4.78 is 6.88. The van der Waals surface area contributed by atoms with Gasteiger partial charge < -0.3 is 10.1 Å². The number of aromatic nitrogens is 2. The number of amides is 1. The van der Waals surface area contributed by atoms with Gasteiger partial charge in [0.05, 0.1) is 18.2 Å². The Balaban J connectivity index is 1.75. The zero-order valence-corrected chi connectivity index (χ0v) is 18.3. The highest BCUT2D eigenvalue weighted by Gasteiger charge is 2.17. The van der Waals surface area contributed by atoms with Gasteiger partial charge in [0, 0.05) is 23.5 Å². The molecule has 8 heteroatoms. The van der Waals surface area contributed by atoms with Gasteiger partial charge in [-0.25, -0.2) is 4.98 Å². The minimum atomic E-state index is -0.140. The predicted octanol–water partition coefficient (Wildman–Crippen LogP) is 3.68. The first-order chi connectivity index (χ1) is 14.0. The fourth-order valence-electron chi connectivity index (χ4n) is 2.93. The zero-order valence-electron chi connectivity index (χ0n) is 16.7. The van der Waals surface area contributed by atoms with E-state index in [0.29, 0.717) is 28.5 Å². The van der Waals surface area contributed by atoms with Crippen LogP contribution in [0.4, 0.5) is 0 Å². The Morgan fingerprint density at radius 2 is 2.14 bits per heavy atom. The molecule has 2 aromatic heterocycles. The maximum atomic E-state index is 13.0. The molecule has 1 N–H and O–H groups in total. The van der Waals surface area contributed by atoms with E-state index in [1.54, 1.807) is 17.8 Å². The van der Waals surface area contributed by atoms with Crippen LogP contribution in [-0.2, 0) is 17.9 Å². The standard InChI is InChI=1S/C21H23N3O3S2/c1-5-10-24-20(26)18-13(2)14(3)29-19(18)23-21(24)28-12-17(25)22-11-15-8-6-7-9-16(15)27-4/h5-9H,1,10-12H2,2-4H3,(H,22,25). The SMILES string of the molecule is C=CCn1c(SCC(=O)NCc2ccccc2OC)nc2sc(C)c(C)c2c1=O. The minimum Gasteiger partial charge on any atom is -0.496 e. The number of carbonyl (C=O) groups is 1. The number of para-hydroxylation sites is 1. The fraction of sp³-hybridized carbons (Fsp3) is 0.286. The molecule has 3 rings (SSSR count). The van der Waals surface area contributed by atoms with E-state index < -0.39 is 0 Å². The first kappa shape index (κ1) is 21.1. The van der Waals surface area contributed by atoms with Crippen LogP contribution in [0.3, 0.4) is 0 Å². The number of hydrogen-bond acceptors (Lipinski definition) is 6. The Labute approximate surface area is 177 Å². The quantitative estimate of drug-likeness (QED) is 0.336. The van der Waals surface area contributed by atoms with Gasteiger partial charge in [-0.05, 0) is 25.5 Å². The Morgan fingerprint density at radius 1 is 1.38 bits per heavy atom. The summed E-state index contributed by atoms with van der Waals surface area (Å²) in [7, 11) is 1.60. The van der Waals surface area contributed by atoms with Gasteiger partial charge >= 0.3 is 0 Å². The van der Waals surface area contributed by atoms with Gasteiger partial charge in [-0.2, -0.15) is 0 Å². The van der Waals surface area contributed by atoms with E-state index in [9.17, 15) is 9.59 Å². The third-order valence-electron chi connectivity index (χ3n) is 4.57. The summed E-state index contributed by atoms with van der Waals surface area (Å²) in [5, 5.41) is 4.06. The largest absolute Gasteiger partial charge is 0.496 e. The summed E-state index contributed by atoms with van der Waals surface area (Å²) in [5.74, 6) is 0.753. The topological polar surface area (TPSA) is 73.2 Å². The summed E-state index contributed by atoms with van der Waals surface area (Å²) in [5.41, 5.74) is 1.78. The number of aryl methyl sites for hydroxylation is 2.